The molecule has 1 aliphatic rings. The van der Waals surface area contributed by atoms with Crippen molar-refractivity contribution in [1.29, 1.82) is 0 Å². The molecule has 0 atom stereocenters. The number of rotatable bonds is 5. The van der Waals surface area contributed by atoms with Gasteiger partial charge in [0.2, 0.25) is 11.6 Å². The van der Waals surface area contributed by atoms with Crippen molar-refractivity contribution in [3.05, 3.63) is 22.8 Å². The first-order valence-electron chi connectivity index (χ1n) is 7.14. The molecule has 0 aliphatic heterocycles. The van der Waals surface area contributed by atoms with Crippen molar-refractivity contribution in [2.75, 3.05) is 0 Å². The van der Waals surface area contributed by atoms with E-state index in [1.165, 1.54) is 0 Å². The smallest absolute Gasteiger partial charge is 0.241 e. The Bertz CT molecular complexity index is 743. The predicted molar refractivity (Wildman–Crippen MR) is 79.5 cm³/mol. The van der Waals surface area contributed by atoms with Gasteiger partial charge in [-0.1, -0.05) is 19.8 Å². The summed E-state index contributed by atoms with van der Waals surface area (Å²) in [5.41, 5.74) is -1.93. The normalized spacial score (nSPS) is 14.1. The third-order valence-corrected chi connectivity index (χ3v) is 3.68. The lowest BCUT2D eigenvalue weighted by molar-refractivity contribution is -0.119. The van der Waals surface area contributed by atoms with E-state index in [1.54, 1.807) is 0 Å². The number of aliphatic hydroxyl groups is 1. The lowest BCUT2D eigenvalue weighted by Gasteiger charge is -2.19. The first-order valence-corrected chi connectivity index (χ1v) is 7.14. The predicted octanol–water partition coefficient (Wildman–Crippen LogP) is 1.99. The van der Waals surface area contributed by atoms with Crippen LogP contribution >= 0.6 is 0 Å². The summed E-state index contributed by atoms with van der Waals surface area (Å²) in [6, 6.07) is 0.715. The number of carbonyl (C=O) groups is 3. The maximum Gasteiger partial charge on any atom is 0.241 e. The first-order chi connectivity index (χ1) is 10.8. The number of fused-ring (bicyclic) bond motifs is 1. The molecule has 0 aromatic heterocycles. The van der Waals surface area contributed by atoms with Crippen molar-refractivity contribution in [3.8, 4) is 17.2 Å². The monoisotopic (exact) mass is 320 g/mol. The van der Waals surface area contributed by atoms with Crippen molar-refractivity contribution >= 4 is 23.1 Å². The lowest BCUT2D eigenvalue weighted by atomic mass is 9.84. The van der Waals surface area contributed by atoms with Crippen molar-refractivity contribution in [3.63, 3.8) is 0 Å². The van der Waals surface area contributed by atoms with E-state index in [-0.39, 0.29) is 6.42 Å². The van der Waals surface area contributed by atoms with Gasteiger partial charge in [-0.25, -0.2) is 0 Å². The molecule has 1 aromatic carbocycles. The number of aliphatic hydroxyl groups excluding tert-OH is 1. The molecule has 1 aromatic rings. The maximum absolute atomic E-state index is 12.1. The van der Waals surface area contributed by atoms with Crippen LogP contribution in [0.5, 0.6) is 17.2 Å². The largest absolute Gasteiger partial charge is 0.507 e. The topological polar surface area (TPSA) is 132 Å². The molecule has 23 heavy (non-hydrogen) atoms. The van der Waals surface area contributed by atoms with Gasteiger partial charge in [-0.15, -0.1) is 0 Å². The number of hydrogen-bond donors (Lipinski definition) is 4. The highest BCUT2D eigenvalue weighted by atomic mass is 16.3. The first kappa shape index (κ1) is 16.5. The lowest BCUT2D eigenvalue weighted by Crippen LogP contribution is -2.28. The summed E-state index contributed by atoms with van der Waals surface area (Å²) in [5, 5.41) is 39.1. The summed E-state index contributed by atoms with van der Waals surface area (Å²) in [6.45, 7) is 1.93. The second-order valence-electron chi connectivity index (χ2n) is 5.28. The van der Waals surface area contributed by atoms with Crippen LogP contribution in [0.4, 0.5) is 0 Å². The Hall–Kier alpha value is -2.83. The van der Waals surface area contributed by atoms with Crippen LogP contribution < -0.4 is 0 Å². The van der Waals surface area contributed by atoms with E-state index in [0.29, 0.717) is 12.5 Å². The third-order valence-electron chi connectivity index (χ3n) is 3.68. The highest BCUT2D eigenvalue weighted by Crippen LogP contribution is 2.44. The van der Waals surface area contributed by atoms with Crippen LogP contribution in [-0.2, 0) is 9.59 Å². The molecule has 7 heteroatoms. The summed E-state index contributed by atoms with van der Waals surface area (Å²) in [7, 11) is 0. The molecule has 122 valence electrons. The van der Waals surface area contributed by atoms with Gasteiger partial charge in [0, 0.05) is 12.5 Å². The quantitative estimate of drug-likeness (QED) is 0.214. The van der Waals surface area contributed by atoms with Gasteiger partial charge in [0.25, 0.3) is 0 Å². The summed E-state index contributed by atoms with van der Waals surface area (Å²) < 4.78 is 0. The van der Waals surface area contributed by atoms with Gasteiger partial charge >= 0.3 is 0 Å². The number of allylic oxidation sites excluding steroid dienone is 1. The summed E-state index contributed by atoms with van der Waals surface area (Å²) >= 11 is 0. The van der Waals surface area contributed by atoms with Crippen LogP contribution in [0.3, 0.4) is 0 Å². The van der Waals surface area contributed by atoms with Crippen molar-refractivity contribution in [1.82, 2.24) is 0 Å². The van der Waals surface area contributed by atoms with Crippen LogP contribution in [-0.4, -0.2) is 37.8 Å². The second-order valence-corrected chi connectivity index (χ2v) is 5.28. The molecule has 0 bridgehead atoms. The Balaban J connectivity index is 2.59. The Morgan fingerprint density at radius 3 is 2.22 bits per heavy atom. The highest BCUT2D eigenvalue weighted by Gasteiger charge is 2.40. The standard InChI is InChI=1S/C16H16O7/c1-2-3-4-5-7(17)11-14(21)10-8(18)6-9(19)13(20)12(10)16(23)15(11)22/h6,18-21H,2-5H2,1H3. The Kier molecular flexibility index (Phi) is 4.40. The molecular weight excluding hydrogens is 304 g/mol. The molecule has 1 aliphatic carbocycles. The molecule has 0 saturated heterocycles. The minimum atomic E-state index is -1.27. The fourth-order valence-corrected chi connectivity index (χ4v) is 2.48. The number of carbonyl (C=O) groups excluding carboxylic acids is 3. The van der Waals surface area contributed by atoms with Crippen LogP contribution in [0.15, 0.2) is 11.6 Å². The van der Waals surface area contributed by atoms with Crippen molar-refractivity contribution in [2.45, 2.75) is 32.6 Å². The molecule has 4 N–H and O–H groups in total. The number of aromatic hydroxyl groups is 3. The van der Waals surface area contributed by atoms with Gasteiger partial charge < -0.3 is 20.4 Å². The van der Waals surface area contributed by atoms with E-state index in [2.05, 4.69) is 0 Å². The van der Waals surface area contributed by atoms with Crippen molar-refractivity contribution in [2.24, 2.45) is 0 Å². The Morgan fingerprint density at radius 2 is 1.61 bits per heavy atom. The Labute approximate surface area is 131 Å². The molecule has 0 saturated carbocycles. The second kappa shape index (κ2) is 6.12. The van der Waals surface area contributed by atoms with E-state index in [9.17, 15) is 34.8 Å². The Morgan fingerprint density at radius 1 is 0.957 bits per heavy atom. The molecule has 0 fully saturated rings. The molecule has 2 rings (SSSR count). The van der Waals surface area contributed by atoms with Crippen LogP contribution in [0.25, 0.3) is 5.76 Å². The molecule has 7 nitrogen and oxygen atoms in total. The average Bonchev–Trinajstić information content (AvgIpc) is 2.49. The zero-order valence-electron chi connectivity index (χ0n) is 12.4. The number of unbranched alkanes of at least 4 members (excludes halogenated alkanes) is 2. The van der Waals surface area contributed by atoms with E-state index in [1.807, 2.05) is 6.92 Å². The molecular formula is C16H16O7. The zero-order chi connectivity index (χ0) is 17.3. The van der Waals surface area contributed by atoms with Gasteiger partial charge in [0.05, 0.1) is 11.1 Å². The number of hydrogen-bond acceptors (Lipinski definition) is 7. The number of phenolic OH excluding ortho intramolecular Hbond substituents is 3. The van der Waals surface area contributed by atoms with Crippen LogP contribution in [0, 0.1) is 0 Å². The maximum atomic E-state index is 12.1. The van der Waals surface area contributed by atoms with Gasteiger partial charge in [0.1, 0.15) is 17.1 Å². The van der Waals surface area contributed by atoms with Crippen LogP contribution in [0.1, 0.15) is 48.5 Å². The molecule has 0 radical (unpaired) electrons. The minimum absolute atomic E-state index is 0.0214. The van der Waals surface area contributed by atoms with E-state index in [4.69, 9.17) is 0 Å². The van der Waals surface area contributed by atoms with Gasteiger partial charge in [-0.05, 0) is 6.42 Å². The number of Topliss-reactive ketones (excluding diaryl/α,β-unsaturated/α-hetero) is 3. The fraction of sp³-hybridized carbons (Fsp3) is 0.312. The SMILES string of the molecule is CCCCCC(=O)C1=C(O)c2c(O)cc(O)c(O)c2C(=O)C1=O. The minimum Gasteiger partial charge on any atom is -0.507 e. The molecule has 0 amide bonds. The van der Waals surface area contributed by atoms with Crippen molar-refractivity contribution < 1.29 is 34.8 Å². The van der Waals surface area contributed by atoms with E-state index in [0.717, 1.165) is 12.8 Å². The number of ketones is 3. The molecule has 0 unspecified atom stereocenters. The van der Waals surface area contributed by atoms with Gasteiger partial charge in [0.15, 0.2) is 17.3 Å². The van der Waals surface area contributed by atoms with Crippen LogP contribution in [0.2, 0.25) is 0 Å². The number of phenols is 3. The van der Waals surface area contributed by atoms with Gasteiger partial charge in [-0.2, -0.15) is 0 Å². The fourth-order valence-electron chi connectivity index (χ4n) is 2.48. The zero-order valence-corrected chi connectivity index (χ0v) is 12.4. The van der Waals surface area contributed by atoms with Gasteiger partial charge in [-0.3, -0.25) is 14.4 Å². The van der Waals surface area contributed by atoms with E-state index < -0.39 is 57.1 Å². The molecule has 0 heterocycles. The third kappa shape index (κ3) is 2.65. The van der Waals surface area contributed by atoms with E-state index >= 15 is 0 Å². The average molecular weight is 320 g/mol. The highest BCUT2D eigenvalue weighted by molar-refractivity contribution is 6.58. The number of benzene rings is 1. The molecule has 0 spiro atoms. The summed E-state index contributed by atoms with van der Waals surface area (Å²) in [6.07, 6.45) is 2.07. The summed E-state index contributed by atoms with van der Waals surface area (Å²) in [4.78, 5) is 36.3. The summed E-state index contributed by atoms with van der Waals surface area (Å²) in [5.74, 6) is -6.55.